The first-order valence-electron chi connectivity index (χ1n) is 9.21. The first-order valence-corrected chi connectivity index (χ1v) is 11.4. The van der Waals surface area contributed by atoms with Gasteiger partial charge in [0.1, 0.15) is 5.01 Å². The second-order valence-electron chi connectivity index (χ2n) is 6.38. The van der Waals surface area contributed by atoms with E-state index in [9.17, 15) is 9.59 Å². The Morgan fingerprint density at radius 2 is 2.03 bits per heavy atom. The highest BCUT2D eigenvalue weighted by Crippen LogP contribution is 2.30. The monoisotopic (exact) mass is 456 g/mol. The lowest BCUT2D eigenvalue weighted by Gasteiger charge is -2.11. The maximum absolute atomic E-state index is 12.6. The molecule has 2 aromatic carbocycles. The summed E-state index contributed by atoms with van der Waals surface area (Å²) in [5.74, 6) is 0.259. The lowest BCUT2D eigenvalue weighted by Crippen LogP contribution is -2.15. The van der Waals surface area contributed by atoms with Gasteiger partial charge in [0, 0.05) is 27.3 Å². The number of carbonyl (C=O) groups is 1. The molecule has 0 radical (unpaired) electrons. The first-order chi connectivity index (χ1) is 14.5. The van der Waals surface area contributed by atoms with Crippen LogP contribution in [0.15, 0.2) is 64.3 Å². The van der Waals surface area contributed by atoms with Crippen LogP contribution in [0.5, 0.6) is 0 Å². The zero-order valence-electron chi connectivity index (χ0n) is 16.0. The number of benzene rings is 2. The lowest BCUT2D eigenvalue weighted by molar-refractivity contribution is 0.102. The van der Waals surface area contributed by atoms with Crippen molar-refractivity contribution in [2.45, 2.75) is 24.0 Å². The molecule has 0 saturated carbocycles. The number of anilines is 1. The van der Waals surface area contributed by atoms with Crippen LogP contribution in [0.3, 0.4) is 0 Å². The third-order valence-corrected chi connectivity index (χ3v) is 6.63. The minimum atomic E-state index is -0.236. The summed E-state index contributed by atoms with van der Waals surface area (Å²) in [5, 5.41) is 8.58. The number of rotatable bonds is 6. The SMILES string of the molecule is CCc1nn2c(=O)cc(CSc3ccccc3NC(=O)c3cccc(Cl)c3)nc2s1. The third kappa shape index (κ3) is 4.56. The molecule has 0 atom stereocenters. The number of para-hydroxylation sites is 1. The van der Waals surface area contributed by atoms with Crippen LogP contribution in [-0.4, -0.2) is 20.5 Å². The normalized spacial score (nSPS) is 11.0. The van der Waals surface area contributed by atoms with E-state index < -0.39 is 0 Å². The van der Waals surface area contributed by atoms with Crippen LogP contribution in [0.4, 0.5) is 5.69 Å². The maximum atomic E-state index is 12.6. The number of thioether (sulfide) groups is 1. The minimum absolute atomic E-state index is 0.186. The standard InChI is InChI=1S/C21H17ClN4O2S2/c1-2-18-25-26-19(27)11-15(23-21(26)30-18)12-29-17-9-4-3-8-16(17)24-20(28)13-6-5-7-14(22)10-13/h3-11H,2,12H2,1H3,(H,24,28). The summed E-state index contributed by atoms with van der Waals surface area (Å²) in [6, 6.07) is 15.8. The van der Waals surface area contributed by atoms with E-state index in [2.05, 4.69) is 15.4 Å². The van der Waals surface area contributed by atoms with Gasteiger partial charge in [0.25, 0.3) is 11.5 Å². The fraction of sp³-hybridized carbons (Fsp3) is 0.143. The molecule has 4 rings (SSSR count). The topological polar surface area (TPSA) is 76.4 Å². The molecule has 0 saturated heterocycles. The van der Waals surface area contributed by atoms with E-state index in [-0.39, 0.29) is 11.5 Å². The van der Waals surface area contributed by atoms with E-state index in [4.69, 9.17) is 11.6 Å². The van der Waals surface area contributed by atoms with E-state index in [1.54, 1.807) is 24.3 Å². The Morgan fingerprint density at radius 1 is 1.20 bits per heavy atom. The van der Waals surface area contributed by atoms with Crippen molar-refractivity contribution in [1.29, 1.82) is 0 Å². The van der Waals surface area contributed by atoms with Gasteiger partial charge < -0.3 is 5.32 Å². The number of fused-ring (bicyclic) bond motifs is 1. The highest BCUT2D eigenvalue weighted by molar-refractivity contribution is 7.98. The van der Waals surface area contributed by atoms with Gasteiger partial charge in [-0.25, -0.2) is 4.98 Å². The van der Waals surface area contributed by atoms with Crippen LogP contribution in [-0.2, 0) is 12.2 Å². The van der Waals surface area contributed by atoms with Crippen molar-refractivity contribution in [3.63, 3.8) is 0 Å². The molecular formula is C21H17ClN4O2S2. The molecule has 6 nitrogen and oxygen atoms in total. The highest BCUT2D eigenvalue weighted by Gasteiger charge is 2.12. The highest BCUT2D eigenvalue weighted by atomic mass is 35.5. The molecule has 9 heteroatoms. The van der Waals surface area contributed by atoms with E-state index in [1.807, 2.05) is 31.2 Å². The van der Waals surface area contributed by atoms with Crippen LogP contribution in [0.2, 0.25) is 5.02 Å². The molecule has 4 aromatic rings. The summed E-state index contributed by atoms with van der Waals surface area (Å²) in [7, 11) is 0. The van der Waals surface area contributed by atoms with Gasteiger partial charge in [0.05, 0.1) is 11.4 Å². The number of halogens is 1. The summed E-state index contributed by atoms with van der Waals surface area (Å²) in [5.41, 5.74) is 1.66. The van der Waals surface area contributed by atoms with Crippen LogP contribution < -0.4 is 10.9 Å². The van der Waals surface area contributed by atoms with Crippen molar-refractivity contribution in [1.82, 2.24) is 14.6 Å². The molecule has 0 unspecified atom stereocenters. The van der Waals surface area contributed by atoms with E-state index in [0.29, 0.717) is 32.7 Å². The molecule has 2 aromatic heterocycles. The second-order valence-corrected chi connectivity index (χ2v) is 8.87. The molecule has 1 N–H and O–H groups in total. The summed E-state index contributed by atoms with van der Waals surface area (Å²) in [6.45, 7) is 1.99. The van der Waals surface area contributed by atoms with Gasteiger partial charge in [-0.2, -0.15) is 9.61 Å². The van der Waals surface area contributed by atoms with Crippen LogP contribution in [0.25, 0.3) is 4.96 Å². The zero-order valence-corrected chi connectivity index (χ0v) is 18.4. The van der Waals surface area contributed by atoms with Gasteiger partial charge in [-0.3, -0.25) is 9.59 Å². The van der Waals surface area contributed by atoms with E-state index in [1.165, 1.54) is 33.7 Å². The Hall–Kier alpha value is -2.68. The fourth-order valence-corrected chi connectivity index (χ4v) is 4.73. The largest absolute Gasteiger partial charge is 0.321 e. The van der Waals surface area contributed by atoms with Gasteiger partial charge in [0.2, 0.25) is 4.96 Å². The van der Waals surface area contributed by atoms with Gasteiger partial charge >= 0.3 is 0 Å². The smallest absolute Gasteiger partial charge is 0.275 e. The van der Waals surface area contributed by atoms with Crippen molar-refractivity contribution >= 4 is 51.3 Å². The predicted molar refractivity (Wildman–Crippen MR) is 122 cm³/mol. The summed E-state index contributed by atoms with van der Waals surface area (Å²) < 4.78 is 1.34. The number of hydrogen-bond acceptors (Lipinski definition) is 6. The molecular weight excluding hydrogens is 440 g/mol. The van der Waals surface area contributed by atoms with Crippen molar-refractivity contribution < 1.29 is 4.79 Å². The molecule has 0 spiro atoms. The van der Waals surface area contributed by atoms with Crippen LogP contribution >= 0.6 is 34.7 Å². The lowest BCUT2D eigenvalue weighted by atomic mass is 10.2. The van der Waals surface area contributed by atoms with Crippen LogP contribution in [0.1, 0.15) is 28.0 Å². The summed E-state index contributed by atoms with van der Waals surface area (Å²) in [4.78, 5) is 30.9. The summed E-state index contributed by atoms with van der Waals surface area (Å²) in [6.07, 6.45) is 0.761. The second kappa shape index (κ2) is 8.99. The number of carbonyl (C=O) groups excluding carboxylic acids is 1. The molecule has 30 heavy (non-hydrogen) atoms. The summed E-state index contributed by atoms with van der Waals surface area (Å²) >= 11 is 8.91. The Bertz CT molecular complexity index is 1290. The molecule has 0 aliphatic rings. The Labute approximate surface area is 185 Å². The number of aromatic nitrogens is 3. The molecule has 0 fully saturated rings. The van der Waals surface area contributed by atoms with Gasteiger partial charge in [-0.15, -0.1) is 11.8 Å². The first kappa shape index (κ1) is 20.6. The number of amides is 1. The molecule has 0 aliphatic heterocycles. The zero-order chi connectivity index (χ0) is 21.1. The van der Waals surface area contributed by atoms with Crippen molar-refractivity contribution in [3.8, 4) is 0 Å². The molecule has 152 valence electrons. The van der Waals surface area contributed by atoms with Crippen molar-refractivity contribution in [2.24, 2.45) is 0 Å². The minimum Gasteiger partial charge on any atom is -0.321 e. The predicted octanol–water partition coefficient (Wildman–Crippen LogP) is 4.91. The number of nitrogens with one attached hydrogen (secondary N) is 1. The number of nitrogens with zero attached hydrogens (tertiary/aromatic N) is 3. The molecule has 0 aliphatic carbocycles. The quantitative estimate of drug-likeness (QED) is 0.417. The maximum Gasteiger partial charge on any atom is 0.275 e. The molecule has 1 amide bonds. The van der Waals surface area contributed by atoms with Gasteiger partial charge in [-0.05, 0) is 36.8 Å². The molecule has 2 heterocycles. The van der Waals surface area contributed by atoms with E-state index >= 15 is 0 Å². The average molecular weight is 457 g/mol. The fourth-order valence-electron chi connectivity index (χ4n) is 2.78. The third-order valence-electron chi connectivity index (χ3n) is 4.24. The Balaban J connectivity index is 1.53. The molecule has 0 bridgehead atoms. The number of aryl methyl sites for hydroxylation is 1. The van der Waals surface area contributed by atoms with Crippen LogP contribution in [0, 0.1) is 0 Å². The number of hydrogen-bond donors (Lipinski definition) is 1. The van der Waals surface area contributed by atoms with E-state index in [0.717, 1.165) is 16.3 Å². The van der Waals surface area contributed by atoms with Gasteiger partial charge in [0.15, 0.2) is 0 Å². The van der Waals surface area contributed by atoms with Crippen molar-refractivity contribution in [3.05, 3.63) is 86.2 Å². The Morgan fingerprint density at radius 3 is 2.83 bits per heavy atom. The average Bonchev–Trinajstić information content (AvgIpc) is 3.17. The van der Waals surface area contributed by atoms with Gasteiger partial charge in [-0.1, -0.05) is 48.1 Å². The Kier molecular flexibility index (Phi) is 6.17. The van der Waals surface area contributed by atoms with Crippen molar-refractivity contribution in [2.75, 3.05) is 5.32 Å².